The second-order valence-corrected chi connectivity index (χ2v) is 6.21. The monoisotopic (exact) mass is 312 g/mol. The van der Waals surface area contributed by atoms with Crippen molar-refractivity contribution in [3.05, 3.63) is 27.7 Å². The molecular weight excluding hydrogens is 292 g/mol. The fourth-order valence-corrected chi connectivity index (χ4v) is 3.05. The molecule has 0 aliphatic carbocycles. The van der Waals surface area contributed by atoms with Gasteiger partial charge in [0, 0.05) is 42.3 Å². The van der Waals surface area contributed by atoms with Crippen LogP contribution in [0.2, 0.25) is 0 Å². The second kappa shape index (κ2) is 5.59. The first-order valence-corrected chi connectivity index (χ1v) is 7.17. The van der Waals surface area contributed by atoms with Gasteiger partial charge < -0.3 is 10.0 Å². The number of hydrogen-bond acceptors (Lipinski definition) is 3. The van der Waals surface area contributed by atoms with Crippen LogP contribution in [0.1, 0.15) is 18.1 Å². The van der Waals surface area contributed by atoms with E-state index in [1.165, 1.54) is 0 Å². The van der Waals surface area contributed by atoms with E-state index < -0.39 is 0 Å². The highest BCUT2D eigenvalue weighted by atomic mass is 79.9. The highest BCUT2D eigenvalue weighted by Gasteiger charge is 2.21. The van der Waals surface area contributed by atoms with E-state index in [0.29, 0.717) is 11.8 Å². The lowest BCUT2D eigenvalue weighted by Crippen LogP contribution is -2.49. The standard InChI is InChI=1S/C14H21BrN2O/c1-10-6-13(15)7-12(14(10)18)9-17-5-4-16(3)11(2)8-17/h6-7,11,18H,4-5,8-9H2,1-3H3. The lowest BCUT2D eigenvalue weighted by atomic mass is 10.1. The Balaban J connectivity index is 2.10. The molecule has 0 aromatic heterocycles. The maximum absolute atomic E-state index is 10.1. The quantitative estimate of drug-likeness (QED) is 0.909. The maximum Gasteiger partial charge on any atom is 0.123 e. The molecule has 1 saturated heterocycles. The Bertz CT molecular complexity index is 436. The lowest BCUT2D eigenvalue weighted by Gasteiger charge is -2.37. The van der Waals surface area contributed by atoms with Crippen LogP contribution in [-0.4, -0.2) is 47.6 Å². The van der Waals surface area contributed by atoms with Gasteiger partial charge in [-0.05, 0) is 38.6 Å². The highest BCUT2D eigenvalue weighted by molar-refractivity contribution is 9.10. The minimum atomic E-state index is 0.435. The number of benzene rings is 1. The number of phenolic OH excluding ortho intramolecular Hbond substituents is 1. The topological polar surface area (TPSA) is 26.7 Å². The van der Waals surface area contributed by atoms with Gasteiger partial charge in [0.2, 0.25) is 0 Å². The Morgan fingerprint density at radius 3 is 2.78 bits per heavy atom. The van der Waals surface area contributed by atoms with Crippen molar-refractivity contribution in [2.75, 3.05) is 26.7 Å². The number of aromatic hydroxyl groups is 1. The van der Waals surface area contributed by atoms with Crippen molar-refractivity contribution < 1.29 is 5.11 Å². The molecule has 1 atom stereocenters. The molecule has 2 rings (SSSR count). The Morgan fingerprint density at radius 1 is 1.39 bits per heavy atom. The lowest BCUT2D eigenvalue weighted by molar-refractivity contribution is 0.0993. The first-order chi connectivity index (χ1) is 8.47. The summed E-state index contributed by atoms with van der Waals surface area (Å²) in [6.45, 7) is 8.22. The smallest absolute Gasteiger partial charge is 0.123 e. The molecule has 1 fully saturated rings. The van der Waals surface area contributed by atoms with Gasteiger partial charge in [0.25, 0.3) is 0 Å². The molecule has 4 heteroatoms. The third-order valence-corrected chi connectivity index (χ3v) is 4.24. The van der Waals surface area contributed by atoms with Crippen LogP contribution in [0.3, 0.4) is 0 Å². The second-order valence-electron chi connectivity index (χ2n) is 5.30. The molecule has 1 heterocycles. The molecule has 1 aromatic rings. The zero-order valence-electron chi connectivity index (χ0n) is 11.3. The number of halogens is 1. The van der Waals surface area contributed by atoms with Gasteiger partial charge in [-0.3, -0.25) is 4.90 Å². The summed E-state index contributed by atoms with van der Waals surface area (Å²) in [6.07, 6.45) is 0. The summed E-state index contributed by atoms with van der Waals surface area (Å²) in [5, 5.41) is 10.1. The van der Waals surface area contributed by atoms with Crippen LogP contribution in [-0.2, 0) is 6.54 Å². The largest absolute Gasteiger partial charge is 0.507 e. The SMILES string of the molecule is Cc1cc(Br)cc(CN2CCN(C)C(C)C2)c1O. The molecule has 1 N–H and O–H groups in total. The molecule has 3 nitrogen and oxygen atoms in total. The number of aryl methyl sites for hydroxylation is 1. The molecule has 1 aliphatic rings. The summed E-state index contributed by atoms with van der Waals surface area (Å²) in [6, 6.07) is 4.55. The summed E-state index contributed by atoms with van der Waals surface area (Å²) in [7, 11) is 2.17. The number of hydrogen-bond donors (Lipinski definition) is 1. The van der Waals surface area contributed by atoms with Crippen LogP contribution < -0.4 is 0 Å². The third-order valence-electron chi connectivity index (χ3n) is 3.78. The van der Waals surface area contributed by atoms with Crippen molar-refractivity contribution in [1.82, 2.24) is 9.80 Å². The number of rotatable bonds is 2. The number of piperazine rings is 1. The number of phenols is 1. The third kappa shape index (κ3) is 3.05. The molecule has 0 saturated carbocycles. The normalized spacial score (nSPS) is 22.3. The summed E-state index contributed by atoms with van der Waals surface area (Å²) in [5.74, 6) is 0.435. The van der Waals surface area contributed by atoms with Crippen LogP contribution in [0, 0.1) is 6.92 Å². The van der Waals surface area contributed by atoms with Gasteiger partial charge in [-0.15, -0.1) is 0 Å². The molecule has 1 aliphatic heterocycles. The van der Waals surface area contributed by atoms with Crippen LogP contribution in [0.5, 0.6) is 5.75 Å². The molecule has 0 bridgehead atoms. The minimum Gasteiger partial charge on any atom is -0.507 e. The minimum absolute atomic E-state index is 0.435. The predicted molar refractivity (Wildman–Crippen MR) is 77.9 cm³/mol. The summed E-state index contributed by atoms with van der Waals surface area (Å²) < 4.78 is 1.04. The van der Waals surface area contributed by atoms with E-state index in [2.05, 4.69) is 39.7 Å². The molecule has 0 amide bonds. The Hall–Kier alpha value is -0.580. The fourth-order valence-electron chi connectivity index (χ4n) is 2.43. The van der Waals surface area contributed by atoms with Crippen LogP contribution >= 0.6 is 15.9 Å². The first-order valence-electron chi connectivity index (χ1n) is 6.38. The van der Waals surface area contributed by atoms with E-state index in [4.69, 9.17) is 0 Å². The van der Waals surface area contributed by atoms with Crippen molar-refractivity contribution in [1.29, 1.82) is 0 Å². The van der Waals surface area contributed by atoms with E-state index in [0.717, 1.165) is 41.8 Å². The van der Waals surface area contributed by atoms with Gasteiger partial charge in [0.05, 0.1) is 0 Å². The van der Waals surface area contributed by atoms with Crippen molar-refractivity contribution in [3.8, 4) is 5.75 Å². The van der Waals surface area contributed by atoms with Crippen molar-refractivity contribution in [3.63, 3.8) is 0 Å². The predicted octanol–water partition coefficient (Wildman–Crippen LogP) is 2.60. The number of nitrogens with zero attached hydrogens (tertiary/aromatic N) is 2. The van der Waals surface area contributed by atoms with Gasteiger partial charge in [0.15, 0.2) is 0 Å². The molecule has 0 radical (unpaired) electrons. The fraction of sp³-hybridized carbons (Fsp3) is 0.571. The van der Waals surface area contributed by atoms with E-state index in [1.54, 1.807) is 0 Å². The molecule has 1 unspecified atom stereocenters. The van der Waals surface area contributed by atoms with E-state index in [-0.39, 0.29) is 0 Å². The van der Waals surface area contributed by atoms with Gasteiger partial charge in [-0.25, -0.2) is 0 Å². The zero-order valence-corrected chi connectivity index (χ0v) is 12.9. The Kier molecular flexibility index (Phi) is 4.30. The average Bonchev–Trinajstić information content (AvgIpc) is 2.30. The van der Waals surface area contributed by atoms with Gasteiger partial charge >= 0.3 is 0 Å². The van der Waals surface area contributed by atoms with Gasteiger partial charge in [0.1, 0.15) is 5.75 Å². The zero-order chi connectivity index (χ0) is 13.3. The molecule has 0 spiro atoms. The van der Waals surface area contributed by atoms with Gasteiger partial charge in [-0.1, -0.05) is 15.9 Å². The first kappa shape index (κ1) is 13.8. The number of likely N-dealkylation sites (N-methyl/N-ethyl adjacent to an activating group) is 1. The van der Waals surface area contributed by atoms with Crippen molar-refractivity contribution in [2.45, 2.75) is 26.4 Å². The van der Waals surface area contributed by atoms with Crippen LogP contribution in [0.4, 0.5) is 0 Å². The maximum atomic E-state index is 10.1. The summed E-state index contributed by atoms with van der Waals surface area (Å²) in [5.41, 5.74) is 1.94. The average molecular weight is 313 g/mol. The summed E-state index contributed by atoms with van der Waals surface area (Å²) in [4.78, 5) is 4.79. The molecular formula is C14H21BrN2O. The van der Waals surface area contributed by atoms with Gasteiger partial charge in [-0.2, -0.15) is 0 Å². The van der Waals surface area contributed by atoms with Crippen molar-refractivity contribution >= 4 is 15.9 Å². The molecule has 18 heavy (non-hydrogen) atoms. The Morgan fingerprint density at radius 2 is 2.11 bits per heavy atom. The van der Waals surface area contributed by atoms with Crippen LogP contribution in [0.15, 0.2) is 16.6 Å². The Labute approximate surface area is 118 Å². The van der Waals surface area contributed by atoms with Crippen molar-refractivity contribution in [2.24, 2.45) is 0 Å². The highest BCUT2D eigenvalue weighted by Crippen LogP contribution is 2.28. The van der Waals surface area contributed by atoms with E-state index in [1.807, 2.05) is 19.1 Å². The van der Waals surface area contributed by atoms with E-state index in [9.17, 15) is 5.11 Å². The van der Waals surface area contributed by atoms with E-state index >= 15 is 0 Å². The molecule has 1 aromatic carbocycles. The molecule has 100 valence electrons. The summed E-state index contributed by atoms with van der Waals surface area (Å²) >= 11 is 3.50. The van der Waals surface area contributed by atoms with Crippen LogP contribution in [0.25, 0.3) is 0 Å².